The standard InChI is InChI=1S/C33H39N3O3/c1-6-10-13-20-36-23(5)31(26-14-11-12-15-29(26)36)33(28-22-34-19-18-25(28)32(37)39-33)27-17-16-24(35(7-2)8-3)21-30(27)38-9-4/h11-12,14-19,21-22H,6-10,13,20H2,1-5H3. The molecule has 0 saturated carbocycles. The number of carbonyl (C=O) groups is 1. The number of nitrogens with zero attached hydrogens (tertiary/aromatic N) is 3. The van der Waals surface area contributed by atoms with Crippen LogP contribution in [0, 0.1) is 6.92 Å². The minimum absolute atomic E-state index is 0.343. The minimum Gasteiger partial charge on any atom is -0.493 e. The van der Waals surface area contributed by atoms with Crippen molar-refractivity contribution in [2.75, 3.05) is 24.6 Å². The number of ether oxygens (including phenoxy) is 2. The van der Waals surface area contributed by atoms with Crippen molar-refractivity contribution < 1.29 is 14.3 Å². The predicted octanol–water partition coefficient (Wildman–Crippen LogP) is 7.24. The van der Waals surface area contributed by atoms with Gasteiger partial charge < -0.3 is 18.9 Å². The van der Waals surface area contributed by atoms with E-state index < -0.39 is 5.60 Å². The summed E-state index contributed by atoms with van der Waals surface area (Å²) >= 11 is 0. The number of hydrogen-bond acceptors (Lipinski definition) is 5. The zero-order valence-electron chi connectivity index (χ0n) is 23.8. The summed E-state index contributed by atoms with van der Waals surface area (Å²) in [6.07, 6.45) is 6.85. The van der Waals surface area contributed by atoms with Gasteiger partial charge in [-0.2, -0.15) is 0 Å². The van der Waals surface area contributed by atoms with E-state index in [1.807, 2.05) is 6.92 Å². The van der Waals surface area contributed by atoms with Gasteiger partial charge in [0.1, 0.15) is 5.75 Å². The summed E-state index contributed by atoms with van der Waals surface area (Å²) in [5.74, 6) is 0.374. The maximum atomic E-state index is 13.5. The van der Waals surface area contributed by atoms with E-state index in [1.54, 1.807) is 18.5 Å². The first kappa shape index (κ1) is 26.8. The van der Waals surface area contributed by atoms with E-state index in [1.165, 1.54) is 0 Å². The molecule has 0 bridgehead atoms. The van der Waals surface area contributed by atoms with Crippen molar-refractivity contribution >= 4 is 22.6 Å². The van der Waals surface area contributed by atoms with Gasteiger partial charge in [0, 0.05) is 77.1 Å². The second-order valence-corrected chi connectivity index (χ2v) is 10.1. The number of unbranched alkanes of at least 4 members (excludes halogenated alkanes) is 2. The number of rotatable bonds is 11. The SMILES string of the molecule is CCCCCn1c(C)c(C2(c3ccc(N(CC)CC)cc3OCC)OC(=O)c3ccncc32)c2ccccc21. The van der Waals surface area contributed by atoms with Crippen LogP contribution in [0.15, 0.2) is 60.9 Å². The van der Waals surface area contributed by atoms with Crippen LogP contribution in [0.5, 0.6) is 5.75 Å². The van der Waals surface area contributed by atoms with E-state index in [-0.39, 0.29) is 5.97 Å². The third-order valence-electron chi connectivity index (χ3n) is 8.01. The van der Waals surface area contributed by atoms with Gasteiger partial charge in [-0.05, 0) is 58.4 Å². The van der Waals surface area contributed by atoms with Crippen molar-refractivity contribution in [2.24, 2.45) is 0 Å². The first-order valence-corrected chi connectivity index (χ1v) is 14.3. The molecule has 1 aliphatic rings. The molecule has 0 radical (unpaired) electrons. The summed E-state index contributed by atoms with van der Waals surface area (Å²) in [6, 6.07) is 16.5. The number of anilines is 1. The van der Waals surface area contributed by atoms with Gasteiger partial charge in [0.25, 0.3) is 0 Å². The van der Waals surface area contributed by atoms with Gasteiger partial charge in [-0.1, -0.05) is 38.0 Å². The Balaban J connectivity index is 1.85. The number of cyclic esters (lactones) is 1. The van der Waals surface area contributed by atoms with E-state index in [9.17, 15) is 4.79 Å². The van der Waals surface area contributed by atoms with Crippen LogP contribution >= 0.6 is 0 Å². The quantitative estimate of drug-likeness (QED) is 0.153. The lowest BCUT2D eigenvalue weighted by Crippen LogP contribution is -2.31. The fourth-order valence-electron chi connectivity index (χ4n) is 6.17. The molecule has 0 saturated heterocycles. The Morgan fingerprint density at radius 3 is 2.54 bits per heavy atom. The molecule has 1 unspecified atom stereocenters. The van der Waals surface area contributed by atoms with Crippen LogP contribution in [0.4, 0.5) is 5.69 Å². The van der Waals surface area contributed by atoms with Gasteiger partial charge in [-0.25, -0.2) is 4.79 Å². The highest BCUT2D eigenvalue weighted by Crippen LogP contribution is 2.53. The third-order valence-corrected chi connectivity index (χ3v) is 8.01. The smallest absolute Gasteiger partial charge is 0.340 e. The van der Waals surface area contributed by atoms with Gasteiger partial charge in [-0.15, -0.1) is 0 Å². The lowest BCUT2D eigenvalue weighted by molar-refractivity contribution is 0.0245. The molecule has 0 amide bonds. The number of pyridine rings is 1. The topological polar surface area (TPSA) is 56.6 Å². The van der Waals surface area contributed by atoms with Gasteiger partial charge in [0.15, 0.2) is 5.60 Å². The molecule has 0 spiro atoms. The molecule has 204 valence electrons. The summed E-state index contributed by atoms with van der Waals surface area (Å²) in [5, 5.41) is 1.08. The number of aryl methyl sites for hydroxylation is 1. The fraction of sp³-hybridized carbons (Fsp3) is 0.394. The van der Waals surface area contributed by atoms with E-state index in [0.717, 1.165) is 77.9 Å². The maximum Gasteiger partial charge on any atom is 0.340 e. The number of hydrogen-bond donors (Lipinski definition) is 0. The second-order valence-electron chi connectivity index (χ2n) is 10.1. The molecule has 2 aromatic carbocycles. The molecular weight excluding hydrogens is 486 g/mol. The number of carbonyl (C=O) groups excluding carboxylic acids is 1. The van der Waals surface area contributed by atoms with Crippen molar-refractivity contribution in [3.05, 3.63) is 88.9 Å². The molecule has 1 aliphatic heterocycles. The zero-order chi connectivity index (χ0) is 27.6. The van der Waals surface area contributed by atoms with Gasteiger partial charge >= 0.3 is 5.97 Å². The van der Waals surface area contributed by atoms with Gasteiger partial charge in [-0.3, -0.25) is 4.98 Å². The highest BCUT2D eigenvalue weighted by atomic mass is 16.6. The average Bonchev–Trinajstić information content (AvgIpc) is 3.41. The van der Waals surface area contributed by atoms with E-state index in [0.29, 0.717) is 17.9 Å². The van der Waals surface area contributed by atoms with Crippen LogP contribution in [0.3, 0.4) is 0 Å². The number of fused-ring (bicyclic) bond motifs is 2. The van der Waals surface area contributed by atoms with Crippen molar-refractivity contribution in [1.82, 2.24) is 9.55 Å². The van der Waals surface area contributed by atoms with Gasteiger partial charge in [0.05, 0.1) is 12.2 Å². The van der Waals surface area contributed by atoms with Crippen molar-refractivity contribution in [3.63, 3.8) is 0 Å². The lowest BCUT2D eigenvalue weighted by Gasteiger charge is -2.33. The van der Waals surface area contributed by atoms with E-state index in [4.69, 9.17) is 9.47 Å². The summed E-state index contributed by atoms with van der Waals surface area (Å²) < 4.78 is 15.3. The highest BCUT2D eigenvalue weighted by molar-refractivity contribution is 5.98. The van der Waals surface area contributed by atoms with E-state index in [2.05, 4.69) is 84.6 Å². The maximum absolute atomic E-state index is 13.5. The first-order valence-electron chi connectivity index (χ1n) is 14.3. The summed E-state index contributed by atoms with van der Waals surface area (Å²) in [6.45, 7) is 13.8. The van der Waals surface area contributed by atoms with Crippen LogP contribution in [-0.2, 0) is 16.9 Å². The Hall–Kier alpha value is -3.80. The van der Waals surface area contributed by atoms with Gasteiger partial charge in [0.2, 0.25) is 0 Å². The molecule has 2 aromatic heterocycles. The lowest BCUT2D eigenvalue weighted by atomic mass is 9.78. The molecule has 4 aromatic rings. The second kappa shape index (κ2) is 11.1. The monoisotopic (exact) mass is 525 g/mol. The molecule has 6 nitrogen and oxygen atoms in total. The van der Waals surface area contributed by atoms with Crippen molar-refractivity contribution in [2.45, 2.75) is 66.0 Å². The fourth-order valence-corrected chi connectivity index (χ4v) is 6.17. The number of esters is 1. The van der Waals surface area contributed by atoms with Crippen molar-refractivity contribution in [3.8, 4) is 5.75 Å². The largest absolute Gasteiger partial charge is 0.493 e. The molecule has 0 fully saturated rings. The number of aromatic nitrogens is 2. The molecule has 0 N–H and O–H groups in total. The number of para-hydroxylation sites is 1. The van der Waals surface area contributed by atoms with Crippen LogP contribution in [0.25, 0.3) is 10.9 Å². The predicted molar refractivity (Wildman–Crippen MR) is 157 cm³/mol. The molecule has 1 atom stereocenters. The summed E-state index contributed by atoms with van der Waals surface area (Å²) in [5.41, 5.74) is 5.22. The molecule has 6 heteroatoms. The molecule has 0 aliphatic carbocycles. The summed E-state index contributed by atoms with van der Waals surface area (Å²) in [4.78, 5) is 20.3. The Morgan fingerprint density at radius 2 is 1.79 bits per heavy atom. The van der Waals surface area contributed by atoms with E-state index >= 15 is 0 Å². The van der Waals surface area contributed by atoms with Crippen molar-refractivity contribution in [1.29, 1.82) is 0 Å². The third kappa shape index (κ3) is 4.36. The minimum atomic E-state index is -1.19. The Labute approximate surface area is 231 Å². The Bertz CT molecular complexity index is 1490. The molecule has 3 heterocycles. The molecular formula is C33H39N3O3. The Morgan fingerprint density at radius 1 is 1.00 bits per heavy atom. The number of benzene rings is 2. The summed E-state index contributed by atoms with van der Waals surface area (Å²) in [7, 11) is 0. The van der Waals surface area contributed by atoms with Crippen LogP contribution in [0.1, 0.15) is 79.7 Å². The van der Waals surface area contributed by atoms with Crippen LogP contribution < -0.4 is 9.64 Å². The molecule has 39 heavy (non-hydrogen) atoms. The average molecular weight is 526 g/mol. The van der Waals surface area contributed by atoms with Crippen LogP contribution in [0.2, 0.25) is 0 Å². The van der Waals surface area contributed by atoms with Crippen LogP contribution in [-0.4, -0.2) is 35.2 Å². The normalized spacial score (nSPS) is 16.4. The Kier molecular flexibility index (Phi) is 7.65. The highest BCUT2D eigenvalue weighted by Gasteiger charge is 2.52. The molecule has 5 rings (SSSR count). The zero-order valence-corrected chi connectivity index (χ0v) is 23.8. The first-order chi connectivity index (χ1) is 19.0.